The zero-order valence-electron chi connectivity index (χ0n) is 13.6. The van der Waals surface area contributed by atoms with Crippen molar-refractivity contribution in [2.75, 3.05) is 5.32 Å². The lowest BCUT2D eigenvalue weighted by Crippen LogP contribution is -2.23. The Bertz CT molecular complexity index is 949. The van der Waals surface area contributed by atoms with E-state index in [1.54, 1.807) is 68.0 Å². The smallest absolute Gasteiger partial charge is 0.261 e. The number of nitrogens with one attached hydrogen (secondary N) is 2. The van der Waals surface area contributed by atoms with Crippen LogP contribution in [0.5, 0.6) is 0 Å². The highest BCUT2D eigenvalue weighted by atomic mass is 16.3. The molecule has 0 saturated heterocycles. The van der Waals surface area contributed by atoms with Crippen molar-refractivity contribution in [3.8, 4) is 11.1 Å². The van der Waals surface area contributed by atoms with Gasteiger partial charge in [-0.25, -0.2) is 0 Å². The summed E-state index contributed by atoms with van der Waals surface area (Å²) in [7, 11) is 0. The molecular weight excluding hydrogens is 318 g/mol. The SMILES string of the molecule is CC(O)c1cccc(NC(=O)c2cc(-c3ccncc3)c[nH]c2=O)c1. The number of aliphatic hydroxyl groups is 1. The van der Waals surface area contributed by atoms with Crippen molar-refractivity contribution in [3.05, 3.63) is 82.5 Å². The van der Waals surface area contributed by atoms with Gasteiger partial charge in [-0.15, -0.1) is 0 Å². The quantitative estimate of drug-likeness (QED) is 0.683. The van der Waals surface area contributed by atoms with Gasteiger partial charge in [-0.3, -0.25) is 14.6 Å². The van der Waals surface area contributed by atoms with Gasteiger partial charge in [0.05, 0.1) is 6.10 Å². The molecule has 0 aliphatic heterocycles. The molecule has 6 heteroatoms. The summed E-state index contributed by atoms with van der Waals surface area (Å²) in [5.74, 6) is -0.514. The number of hydrogen-bond donors (Lipinski definition) is 3. The van der Waals surface area contributed by atoms with Crippen LogP contribution in [0.4, 0.5) is 5.69 Å². The first-order valence-electron chi connectivity index (χ1n) is 7.77. The van der Waals surface area contributed by atoms with Crippen LogP contribution >= 0.6 is 0 Å². The molecule has 126 valence electrons. The number of amides is 1. The first kappa shape index (κ1) is 16.6. The maximum Gasteiger partial charge on any atom is 0.261 e. The van der Waals surface area contributed by atoms with Gasteiger partial charge in [-0.2, -0.15) is 0 Å². The fourth-order valence-electron chi connectivity index (χ4n) is 2.44. The van der Waals surface area contributed by atoms with Gasteiger partial charge in [0.2, 0.25) is 0 Å². The van der Waals surface area contributed by atoms with E-state index < -0.39 is 17.6 Å². The summed E-state index contributed by atoms with van der Waals surface area (Å²) in [6.45, 7) is 1.64. The van der Waals surface area contributed by atoms with Gasteiger partial charge in [0.15, 0.2) is 0 Å². The Morgan fingerprint density at radius 2 is 1.92 bits per heavy atom. The van der Waals surface area contributed by atoms with Gasteiger partial charge in [-0.1, -0.05) is 12.1 Å². The van der Waals surface area contributed by atoms with E-state index in [4.69, 9.17) is 0 Å². The van der Waals surface area contributed by atoms with E-state index in [1.807, 2.05) is 0 Å². The van der Waals surface area contributed by atoms with E-state index >= 15 is 0 Å². The monoisotopic (exact) mass is 335 g/mol. The molecule has 0 bridgehead atoms. The van der Waals surface area contributed by atoms with Crippen molar-refractivity contribution < 1.29 is 9.90 Å². The van der Waals surface area contributed by atoms with Crippen LogP contribution in [-0.2, 0) is 0 Å². The zero-order valence-corrected chi connectivity index (χ0v) is 13.6. The van der Waals surface area contributed by atoms with Gasteiger partial charge in [-0.05, 0) is 53.9 Å². The molecule has 1 amide bonds. The molecule has 0 saturated carbocycles. The number of H-pyrrole nitrogens is 1. The van der Waals surface area contributed by atoms with Crippen LogP contribution < -0.4 is 10.9 Å². The van der Waals surface area contributed by atoms with Gasteiger partial charge >= 0.3 is 0 Å². The summed E-state index contributed by atoms with van der Waals surface area (Å²) in [5, 5.41) is 12.3. The highest BCUT2D eigenvalue weighted by Gasteiger charge is 2.13. The van der Waals surface area contributed by atoms with Crippen molar-refractivity contribution in [2.24, 2.45) is 0 Å². The Labute approximate surface area is 144 Å². The second-order valence-electron chi connectivity index (χ2n) is 5.62. The molecular formula is C19H17N3O3. The summed E-state index contributed by atoms with van der Waals surface area (Å²) >= 11 is 0. The lowest BCUT2D eigenvalue weighted by atomic mass is 10.1. The number of carbonyl (C=O) groups is 1. The minimum atomic E-state index is -0.643. The fraction of sp³-hybridized carbons (Fsp3) is 0.105. The van der Waals surface area contributed by atoms with Crippen molar-refractivity contribution in [3.63, 3.8) is 0 Å². The third kappa shape index (κ3) is 3.81. The fourth-order valence-corrected chi connectivity index (χ4v) is 2.44. The molecule has 2 heterocycles. The molecule has 1 atom stereocenters. The highest BCUT2D eigenvalue weighted by molar-refractivity contribution is 6.04. The summed E-state index contributed by atoms with van der Waals surface area (Å²) in [5.41, 5.74) is 2.29. The van der Waals surface area contributed by atoms with E-state index in [1.165, 1.54) is 0 Å². The number of aromatic amines is 1. The summed E-state index contributed by atoms with van der Waals surface area (Å²) in [6.07, 6.45) is 4.20. The number of aromatic nitrogens is 2. The molecule has 1 unspecified atom stereocenters. The van der Waals surface area contributed by atoms with E-state index in [0.717, 1.165) is 5.56 Å². The number of aliphatic hydroxyl groups excluding tert-OH is 1. The van der Waals surface area contributed by atoms with Crippen molar-refractivity contribution >= 4 is 11.6 Å². The predicted molar refractivity (Wildman–Crippen MR) is 95.3 cm³/mol. The molecule has 0 spiro atoms. The lowest BCUT2D eigenvalue weighted by molar-refractivity contribution is 0.102. The molecule has 0 aliphatic carbocycles. The van der Waals surface area contributed by atoms with Crippen LogP contribution in [0.2, 0.25) is 0 Å². The Morgan fingerprint density at radius 3 is 2.64 bits per heavy atom. The van der Waals surface area contributed by atoms with Crippen molar-refractivity contribution in [1.82, 2.24) is 9.97 Å². The third-order valence-electron chi connectivity index (χ3n) is 3.79. The average Bonchev–Trinajstić information content (AvgIpc) is 2.63. The van der Waals surface area contributed by atoms with Gasteiger partial charge in [0, 0.05) is 24.3 Å². The van der Waals surface area contributed by atoms with E-state index in [0.29, 0.717) is 16.8 Å². The number of carbonyl (C=O) groups excluding carboxylic acids is 1. The number of benzene rings is 1. The van der Waals surface area contributed by atoms with Crippen LogP contribution in [0.25, 0.3) is 11.1 Å². The molecule has 3 rings (SSSR count). The maximum atomic E-state index is 12.5. The number of hydrogen-bond acceptors (Lipinski definition) is 4. The molecule has 6 nitrogen and oxygen atoms in total. The second kappa shape index (κ2) is 7.11. The topological polar surface area (TPSA) is 95.1 Å². The van der Waals surface area contributed by atoms with E-state index in [2.05, 4.69) is 15.3 Å². The van der Waals surface area contributed by atoms with Crippen molar-refractivity contribution in [1.29, 1.82) is 0 Å². The Balaban J connectivity index is 1.90. The van der Waals surface area contributed by atoms with Gasteiger partial charge in [0.25, 0.3) is 11.5 Å². The molecule has 0 fully saturated rings. The first-order chi connectivity index (χ1) is 12.0. The van der Waals surface area contributed by atoms with E-state index in [-0.39, 0.29) is 5.56 Å². The predicted octanol–water partition coefficient (Wildman–Crippen LogP) is 2.74. The molecule has 0 radical (unpaired) electrons. The van der Waals surface area contributed by atoms with Crippen LogP contribution in [-0.4, -0.2) is 21.0 Å². The standard InChI is InChI=1S/C19H17N3O3/c1-12(23)14-3-2-4-16(9-14)22-19(25)17-10-15(11-21-18(17)24)13-5-7-20-8-6-13/h2-12,23H,1H3,(H,21,24)(H,22,25). The molecule has 3 N–H and O–H groups in total. The molecule has 25 heavy (non-hydrogen) atoms. The summed E-state index contributed by atoms with van der Waals surface area (Å²) < 4.78 is 0. The van der Waals surface area contributed by atoms with Crippen LogP contribution in [0.1, 0.15) is 28.9 Å². The first-order valence-corrected chi connectivity index (χ1v) is 7.77. The minimum absolute atomic E-state index is 0.0109. The Kier molecular flexibility index (Phi) is 4.72. The summed E-state index contributed by atoms with van der Waals surface area (Å²) in [6, 6.07) is 12.0. The average molecular weight is 335 g/mol. The summed E-state index contributed by atoms with van der Waals surface area (Å²) in [4.78, 5) is 31.1. The minimum Gasteiger partial charge on any atom is -0.389 e. The van der Waals surface area contributed by atoms with Crippen LogP contribution in [0.3, 0.4) is 0 Å². The highest BCUT2D eigenvalue weighted by Crippen LogP contribution is 2.19. The number of anilines is 1. The molecule has 3 aromatic rings. The largest absolute Gasteiger partial charge is 0.389 e. The Morgan fingerprint density at radius 1 is 1.16 bits per heavy atom. The number of rotatable bonds is 4. The van der Waals surface area contributed by atoms with Gasteiger partial charge in [0.1, 0.15) is 5.56 Å². The third-order valence-corrected chi connectivity index (χ3v) is 3.79. The Hall–Kier alpha value is -3.25. The maximum absolute atomic E-state index is 12.5. The lowest BCUT2D eigenvalue weighted by Gasteiger charge is -2.09. The van der Waals surface area contributed by atoms with Crippen LogP contribution in [0, 0.1) is 0 Å². The zero-order chi connectivity index (χ0) is 17.8. The van der Waals surface area contributed by atoms with Crippen molar-refractivity contribution in [2.45, 2.75) is 13.0 Å². The molecule has 1 aromatic carbocycles. The number of nitrogens with zero attached hydrogens (tertiary/aromatic N) is 1. The number of pyridine rings is 2. The van der Waals surface area contributed by atoms with E-state index in [9.17, 15) is 14.7 Å². The van der Waals surface area contributed by atoms with Crippen LogP contribution in [0.15, 0.2) is 65.8 Å². The van der Waals surface area contributed by atoms with Gasteiger partial charge < -0.3 is 15.4 Å². The molecule has 0 aliphatic rings. The second-order valence-corrected chi connectivity index (χ2v) is 5.62. The molecule has 2 aromatic heterocycles. The normalized spacial score (nSPS) is 11.8.